The van der Waals surface area contributed by atoms with Gasteiger partial charge in [-0.2, -0.15) is 0 Å². The van der Waals surface area contributed by atoms with Crippen molar-refractivity contribution in [1.29, 1.82) is 0 Å². The van der Waals surface area contributed by atoms with E-state index in [9.17, 15) is 0 Å². The lowest BCUT2D eigenvalue weighted by Gasteiger charge is -2.28. The van der Waals surface area contributed by atoms with Crippen molar-refractivity contribution < 1.29 is 4.74 Å². The topological polar surface area (TPSA) is 33.3 Å². The number of morpholine rings is 1. The van der Waals surface area contributed by atoms with Crippen molar-refractivity contribution in [1.82, 2.24) is 10.6 Å². The lowest BCUT2D eigenvalue weighted by atomic mass is 9.88. The van der Waals surface area contributed by atoms with Gasteiger partial charge >= 0.3 is 0 Å². The van der Waals surface area contributed by atoms with Crippen LogP contribution in [0.2, 0.25) is 0 Å². The first kappa shape index (κ1) is 12.9. The predicted molar refractivity (Wildman–Crippen MR) is 64.2 cm³/mol. The molecule has 2 N–H and O–H groups in total. The zero-order chi connectivity index (χ0) is 11.1. The summed E-state index contributed by atoms with van der Waals surface area (Å²) >= 11 is 0. The van der Waals surface area contributed by atoms with E-state index in [4.69, 9.17) is 4.74 Å². The van der Waals surface area contributed by atoms with Crippen molar-refractivity contribution in [3.63, 3.8) is 0 Å². The van der Waals surface area contributed by atoms with Crippen LogP contribution < -0.4 is 10.6 Å². The first-order chi connectivity index (χ1) is 7.14. The molecular formula is C12H26N2O. The minimum absolute atomic E-state index is 0.421. The SMILES string of the molecule is CCCC(C)(C)CNCC1COCCN1. The van der Waals surface area contributed by atoms with Gasteiger partial charge in [-0.15, -0.1) is 0 Å². The Bertz CT molecular complexity index is 165. The van der Waals surface area contributed by atoms with Gasteiger partial charge in [-0.3, -0.25) is 0 Å². The Morgan fingerprint density at radius 1 is 1.47 bits per heavy atom. The van der Waals surface area contributed by atoms with Gasteiger partial charge in [0.15, 0.2) is 0 Å². The standard InChI is InChI=1S/C12H26N2O/c1-4-5-12(2,3)10-13-8-11-9-15-7-6-14-11/h11,13-14H,4-10H2,1-3H3. The van der Waals surface area contributed by atoms with Gasteiger partial charge in [0.25, 0.3) is 0 Å². The van der Waals surface area contributed by atoms with Crippen molar-refractivity contribution in [2.75, 3.05) is 32.8 Å². The molecular weight excluding hydrogens is 188 g/mol. The number of rotatable bonds is 6. The van der Waals surface area contributed by atoms with E-state index in [0.717, 1.165) is 32.8 Å². The molecule has 0 aromatic rings. The molecule has 0 aromatic carbocycles. The van der Waals surface area contributed by atoms with Gasteiger partial charge in [0.05, 0.1) is 13.2 Å². The summed E-state index contributed by atoms with van der Waals surface area (Å²) in [6.45, 7) is 11.7. The molecule has 3 nitrogen and oxygen atoms in total. The fraction of sp³-hybridized carbons (Fsp3) is 1.00. The van der Waals surface area contributed by atoms with Crippen LogP contribution in [0.5, 0.6) is 0 Å². The summed E-state index contributed by atoms with van der Waals surface area (Å²) in [5.41, 5.74) is 0.421. The average molecular weight is 214 g/mol. The van der Waals surface area contributed by atoms with E-state index in [0.29, 0.717) is 11.5 Å². The van der Waals surface area contributed by atoms with Gasteiger partial charge < -0.3 is 15.4 Å². The van der Waals surface area contributed by atoms with Crippen LogP contribution in [0.25, 0.3) is 0 Å². The van der Waals surface area contributed by atoms with Crippen molar-refractivity contribution in [3.8, 4) is 0 Å². The summed E-state index contributed by atoms with van der Waals surface area (Å²) in [5, 5.41) is 6.99. The van der Waals surface area contributed by atoms with Crippen LogP contribution in [0.4, 0.5) is 0 Å². The molecule has 0 saturated carbocycles. The van der Waals surface area contributed by atoms with Crippen LogP contribution in [-0.4, -0.2) is 38.9 Å². The molecule has 1 fully saturated rings. The molecule has 0 aliphatic carbocycles. The predicted octanol–water partition coefficient (Wildman–Crippen LogP) is 1.39. The number of ether oxygens (including phenoxy) is 1. The Hall–Kier alpha value is -0.120. The smallest absolute Gasteiger partial charge is 0.0632 e. The normalized spacial score (nSPS) is 23.0. The highest BCUT2D eigenvalue weighted by atomic mass is 16.5. The second kappa shape index (κ2) is 6.46. The number of hydrogen-bond donors (Lipinski definition) is 2. The summed E-state index contributed by atoms with van der Waals surface area (Å²) in [7, 11) is 0. The fourth-order valence-corrected chi connectivity index (χ4v) is 2.10. The summed E-state index contributed by atoms with van der Waals surface area (Å²) in [6, 6.07) is 0.496. The third kappa shape index (κ3) is 5.50. The fourth-order valence-electron chi connectivity index (χ4n) is 2.10. The van der Waals surface area contributed by atoms with Gasteiger partial charge in [-0.05, 0) is 11.8 Å². The molecule has 1 aliphatic rings. The van der Waals surface area contributed by atoms with Crippen molar-refractivity contribution >= 4 is 0 Å². The Morgan fingerprint density at radius 3 is 2.87 bits per heavy atom. The zero-order valence-electron chi connectivity index (χ0n) is 10.4. The Morgan fingerprint density at radius 2 is 2.27 bits per heavy atom. The molecule has 1 aliphatic heterocycles. The lowest BCUT2D eigenvalue weighted by Crippen LogP contribution is -2.48. The van der Waals surface area contributed by atoms with Gasteiger partial charge in [-0.1, -0.05) is 27.2 Å². The minimum atomic E-state index is 0.421. The van der Waals surface area contributed by atoms with Crippen LogP contribution in [0.1, 0.15) is 33.6 Å². The maximum atomic E-state index is 5.41. The second-order valence-electron chi connectivity index (χ2n) is 5.27. The van der Waals surface area contributed by atoms with Crippen LogP contribution in [0.3, 0.4) is 0 Å². The van der Waals surface area contributed by atoms with Crippen molar-refractivity contribution in [2.24, 2.45) is 5.41 Å². The molecule has 0 radical (unpaired) electrons. The average Bonchev–Trinajstić information content (AvgIpc) is 2.19. The zero-order valence-corrected chi connectivity index (χ0v) is 10.4. The lowest BCUT2D eigenvalue weighted by molar-refractivity contribution is 0.0758. The third-order valence-corrected chi connectivity index (χ3v) is 2.92. The molecule has 0 amide bonds. The Kier molecular flexibility index (Phi) is 5.58. The molecule has 90 valence electrons. The van der Waals surface area contributed by atoms with E-state index < -0.39 is 0 Å². The van der Waals surface area contributed by atoms with Crippen molar-refractivity contribution in [2.45, 2.75) is 39.7 Å². The van der Waals surface area contributed by atoms with E-state index in [1.54, 1.807) is 0 Å². The van der Waals surface area contributed by atoms with E-state index in [1.165, 1.54) is 12.8 Å². The molecule has 15 heavy (non-hydrogen) atoms. The van der Waals surface area contributed by atoms with Crippen LogP contribution in [0.15, 0.2) is 0 Å². The quantitative estimate of drug-likeness (QED) is 0.701. The summed E-state index contributed by atoms with van der Waals surface area (Å²) < 4.78 is 5.41. The maximum absolute atomic E-state index is 5.41. The molecule has 1 rings (SSSR count). The van der Waals surface area contributed by atoms with E-state index in [2.05, 4.69) is 31.4 Å². The largest absolute Gasteiger partial charge is 0.378 e. The Labute approximate surface area is 94.0 Å². The van der Waals surface area contributed by atoms with Gasteiger partial charge in [-0.25, -0.2) is 0 Å². The number of hydrogen-bond acceptors (Lipinski definition) is 3. The first-order valence-corrected chi connectivity index (χ1v) is 6.16. The van der Waals surface area contributed by atoms with Gasteiger partial charge in [0.1, 0.15) is 0 Å². The highest BCUT2D eigenvalue weighted by Gasteiger charge is 2.17. The van der Waals surface area contributed by atoms with Crippen LogP contribution in [-0.2, 0) is 4.74 Å². The summed E-state index contributed by atoms with van der Waals surface area (Å²) in [5.74, 6) is 0. The van der Waals surface area contributed by atoms with E-state index in [1.807, 2.05) is 0 Å². The summed E-state index contributed by atoms with van der Waals surface area (Å²) in [6.07, 6.45) is 2.55. The van der Waals surface area contributed by atoms with E-state index >= 15 is 0 Å². The highest BCUT2D eigenvalue weighted by molar-refractivity contribution is 4.76. The highest BCUT2D eigenvalue weighted by Crippen LogP contribution is 2.20. The maximum Gasteiger partial charge on any atom is 0.0632 e. The van der Waals surface area contributed by atoms with Crippen LogP contribution in [0, 0.1) is 5.41 Å². The molecule has 1 atom stereocenters. The third-order valence-electron chi connectivity index (χ3n) is 2.92. The van der Waals surface area contributed by atoms with E-state index in [-0.39, 0.29) is 0 Å². The minimum Gasteiger partial charge on any atom is -0.378 e. The van der Waals surface area contributed by atoms with Crippen LogP contribution >= 0.6 is 0 Å². The molecule has 0 aromatic heterocycles. The van der Waals surface area contributed by atoms with Gasteiger partial charge in [0, 0.05) is 25.7 Å². The molecule has 1 heterocycles. The molecule has 1 saturated heterocycles. The molecule has 1 unspecified atom stereocenters. The Balaban J connectivity index is 2.09. The number of nitrogens with one attached hydrogen (secondary N) is 2. The van der Waals surface area contributed by atoms with Crippen molar-refractivity contribution in [3.05, 3.63) is 0 Å². The second-order valence-corrected chi connectivity index (χ2v) is 5.27. The first-order valence-electron chi connectivity index (χ1n) is 6.16. The molecule has 3 heteroatoms. The summed E-state index contributed by atoms with van der Waals surface area (Å²) in [4.78, 5) is 0. The molecule has 0 bridgehead atoms. The monoisotopic (exact) mass is 214 g/mol. The molecule has 0 spiro atoms. The van der Waals surface area contributed by atoms with Gasteiger partial charge in [0.2, 0.25) is 0 Å².